The number of nitrogen functional groups attached to an aromatic ring is 1. The molecule has 1 atom stereocenters. The summed E-state index contributed by atoms with van der Waals surface area (Å²) in [5, 5.41) is 0.763. The van der Waals surface area contributed by atoms with Gasteiger partial charge in [0.15, 0.2) is 5.78 Å². The molecule has 0 bridgehead atoms. The molecule has 0 amide bonds. The summed E-state index contributed by atoms with van der Waals surface area (Å²) in [4.78, 5) is 26.0. The molecule has 5 nitrogen and oxygen atoms in total. The number of nitrogens with two attached hydrogens (primary N) is 1. The lowest BCUT2D eigenvalue weighted by atomic mass is 10.2. The molecular weight excluding hydrogens is 264 g/mol. The molecule has 2 rings (SSSR count). The van der Waals surface area contributed by atoms with Crippen LogP contribution in [-0.4, -0.2) is 32.0 Å². The summed E-state index contributed by atoms with van der Waals surface area (Å²) in [6, 6.07) is 0. The Kier molecular flexibility index (Phi) is 3.80. The molecule has 6 heteroatoms. The summed E-state index contributed by atoms with van der Waals surface area (Å²) in [5.74, 6) is -0.0171. The highest BCUT2D eigenvalue weighted by Crippen LogP contribution is 2.40. The largest absolute Gasteiger partial charge is 0.465 e. The number of ether oxygens (including phenoxy) is 1. The number of nitrogens with zero attached hydrogens (tertiary/aromatic N) is 1. The van der Waals surface area contributed by atoms with Gasteiger partial charge in [-0.25, -0.2) is 4.79 Å². The minimum Gasteiger partial charge on any atom is -0.465 e. The van der Waals surface area contributed by atoms with Gasteiger partial charge in [-0.15, -0.1) is 11.3 Å². The van der Waals surface area contributed by atoms with Crippen LogP contribution in [0.3, 0.4) is 0 Å². The second kappa shape index (κ2) is 5.21. The Morgan fingerprint density at radius 1 is 1.47 bits per heavy atom. The van der Waals surface area contributed by atoms with Crippen LogP contribution in [0.15, 0.2) is 0 Å². The Morgan fingerprint density at radius 2 is 2.16 bits per heavy atom. The molecule has 1 unspecified atom stereocenters. The number of esters is 1. The molecule has 1 aliphatic heterocycles. The van der Waals surface area contributed by atoms with Crippen LogP contribution in [0, 0.1) is 5.92 Å². The van der Waals surface area contributed by atoms with E-state index < -0.39 is 5.97 Å². The minimum absolute atomic E-state index is 0.119. The fourth-order valence-electron chi connectivity index (χ4n) is 2.33. The van der Waals surface area contributed by atoms with Crippen LogP contribution >= 0.6 is 11.3 Å². The molecule has 1 fully saturated rings. The summed E-state index contributed by atoms with van der Waals surface area (Å²) in [7, 11) is 1.32. The molecule has 0 aromatic carbocycles. The van der Waals surface area contributed by atoms with E-state index in [-0.39, 0.29) is 11.5 Å². The van der Waals surface area contributed by atoms with Gasteiger partial charge in [0.05, 0.1) is 17.7 Å². The lowest BCUT2D eigenvalue weighted by Crippen LogP contribution is -2.20. The Labute approximate surface area is 116 Å². The van der Waals surface area contributed by atoms with E-state index in [1.807, 2.05) is 0 Å². The van der Waals surface area contributed by atoms with Crippen molar-refractivity contribution in [3.63, 3.8) is 0 Å². The van der Waals surface area contributed by atoms with Gasteiger partial charge in [0.2, 0.25) is 0 Å². The first-order valence-electron chi connectivity index (χ1n) is 6.22. The van der Waals surface area contributed by atoms with Gasteiger partial charge < -0.3 is 15.4 Å². The normalized spacial score (nSPS) is 18.7. The molecule has 1 saturated heterocycles. The molecule has 0 spiro atoms. The van der Waals surface area contributed by atoms with Crippen LogP contribution in [-0.2, 0) is 4.74 Å². The van der Waals surface area contributed by atoms with Gasteiger partial charge in [0, 0.05) is 20.0 Å². The average Bonchev–Trinajstić information content (AvgIpc) is 2.92. The third-order valence-electron chi connectivity index (χ3n) is 3.35. The fraction of sp³-hybridized carbons (Fsp3) is 0.538. The van der Waals surface area contributed by atoms with E-state index >= 15 is 0 Å². The molecule has 104 valence electrons. The summed E-state index contributed by atoms with van der Waals surface area (Å²) in [5.41, 5.74) is 6.53. The van der Waals surface area contributed by atoms with Crippen molar-refractivity contribution >= 4 is 33.8 Å². The van der Waals surface area contributed by atoms with Crippen LogP contribution in [0.4, 0.5) is 10.7 Å². The van der Waals surface area contributed by atoms with Crippen LogP contribution in [0.1, 0.15) is 40.3 Å². The van der Waals surface area contributed by atoms with E-state index in [2.05, 4.69) is 11.8 Å². The second-order valence-electron chi connectivity index (χ2n) is 4.91. The van der Waals surface area contributed by atoms with Crippen LogP contribution < -0.4 is 10.6 Å². The van der Waals surface area contributed by atoms with E-state index in [0.717, 1.165) is 24.5 Å². The monoisotopic (exact) mass is 282 g/mol. The van der Waals surface area contributed by atoms with Crippen LogP contribution in [0.2, 0.25) is 0 Å². The topological polar surface area (TPSA) is 72.6 Å². The lowest BCUT2D eigenvalue weighted by molar-refractivity contribution is 0.0603. The van der Waals surface area contributed by atoms with Gasteiger partial charge in [-0.3, -0.25) is 4.79 Å². The van der Waals surface area contributed by atoms with E-state index in [0.29, 0.717) is 16.4 Å². The molecule has 1 aliphatic rings. The van der Waals surface area contributed by atoms with Crippen molar-refractivity contribution in [2.45, 2.75) is 20.3 Å². The number of anilines is 2. The highest BCUT2D eigenvalue weighted by Gasteiger charge is 2.30. The number of rotatable bonds is 3. The number of carbonyl (C=O) groups is 2. The van der Waals surface area contributed by atoms with E-state index in [9.17, 15) is 9.59 Å². The predicted molar refractivity (Wildman–Crippen MR) is 76.1 cm³/mol. The Balaban J connectivity index is 2.49. The minimum atomic E-state index is -0.476. The molecule has 1 aromatic rings. The zero-order chi connectivity index (χ0) is 14.2. The molecule has 0 radical (unpaired) electrons. The number of hydrogen-bond donors (Lipinski definition) is 1. The van der Waals surface area contributed by atoms with Gasteiger partial charge in [-0.1, -0.05) is 6.92 Å². The highest BCUT2D eigenvalue weighted by molar-refractivity contribution is 7.19. The van der Waals surface area contributed by atoms with E-state index in [4.69, 9.17) is 10.5 Å². The first-order valence-corrected chi connectivity index (χ1v) is 7.03. The lowest BCUT2D eigenvalue weighted by Gasteiger charge is -2.17. The quantitative estimate of drug-likeness (QED) is 0.679. The Morgan fingerprint density at radius 3 is 2.63 bits per heavy atom. The third kappa shape index (κ3) is 2.45. The number of thiophene rings is 1. The van der Waals surface area contributed by atoms with Crippen molar-refractivity contribution in [3.05, 3.63) is 10.4 Å². The maximum atomic E-state index is 11.9. The molecule has 0 aliphatic carbocycles. The first-order chi connectivity index (χ1) is 8.95. The number of methoxy groups -OCH3 is 1. The van der Waals surface area contributed by atoms with Crippen molar-refractivity contribution in [2.75, 3.05) is 30.8 Å². The molecule has 1 aromatic heterocycles. The van der Waals surface area contributed by atoms with Gasteiger partial charge in [-0.2, -0.15) is 0 Å². The molecular formula is C13H18N2O3S. The maximum Gasteiger partial charge on any atom is 0.343 e. The van der Waals surface area contributed by atoms with Gasteiger partial charge in [0.25, 0.3) is 0 Å². The third-order valence-corrected chi connectivity index (χ3v) is 4.71. The predicted octanol–water partition coefficient (Wildman–Crippen LogP) is 2.17. The summed E-state index contributed by atoms with van der Waals surface area (Å²) in [6.45, 7) is 5.38. The SMILES string of the molecule is COC(=O)c1c(N2CCC(C)C2)sc(C(C)=O)c1N. The molecule has 2 heterocycles. The average molecular weight is 282 g/mol. The number of hydrogen-bond acceptors (Lipinski definition) is 6. The van der Waals surface area contributed by atoms with Crippen molar-refractivity contribution in [2.24, 2.45) is 5.92 Å². The summed E-state index contributed by atoms with van der Waals surface area (Å²) in [6.07, 6.45) is 1.08. The summed E-state index contributed by atoms with van der Waals surface area (Å²) >= 11 is 1.29. The van der Waals surface area contributed by atoms with Crippen molar-refractivity contribution in [3.8, 4) is 0 Å². The van der Waals surface area contributed by atoms with Crippen molar-refractivity contribution < 1.29 is 14.3 Å². The highest BCUT2D eigenvalue weighted by atomic mass is 32.1. The number of Topliss-reactive ketones (excluding diaryl/α,β-unsaturated/α-hetero) is 1. The van der Waals surface area contributed by atoms with Crippen molar-refractivity contribution in [1.82, 2.24) is 0 Å². The van der Waals surface area contributed by atoms with Crippen LogP contribution in [0.25, 0.3) is 0 Å². The first kappa shape index (κ1) is 13.9. The van der Waals surface area contributed by atoms with Crippen molar-refractivity contribution in [1.29, 1.82) is 0 Å². The zero-order valence-corrected chi connectivity index (χ0v) is 12.2. The second-order valence-corrected chi connectivity index (χ2v) is 5.91. The fourth-order valence-corrected chi connectivity index (χ4v) is 3.47. The van der Waals surface area contributed by atoms with Gasteiger partial charge in [0.1, 0.15) is 10.6 Å². The summed E-state index contributed by atoms with van der Waals surface area (Å²) < 4.78 is 4.79. The van der Waals surface area contributed by atoms with Crippen LogP contribution in [0.5, 0.6) is 0 Å². The smallest absolute Gasteiger partial charge is 0.343 e. The van der Waals surface area contributed by atoms with Gasteiger partial charge >= 0.3 is 5.97 Å². The Hall–Kier alpha value is -1.56. The maximum absolute atomic E-state index is 11.9. The number of ketones is 1. The molecule has 19 heavy (non-hydrogen) atoms. The standard InChI is InChI=1S/C13H18N2O3S/c1-7-4-5-15(6-7)12-9(13(17)18-3)10(14)11(19-12)8(2)16/h7H,4-6,14H2,1-3H3. The Bertz CT molecular complexity index is 524. The number of carbonyl (C=O) groups excluding carboxylic acids is 2. The van der Waals surface area contributed by atoms with E-state index in [1.54, 1.807) is 0 Å². The van der Waals surface area contributed by atoms with E-state index in [1.165, 1.54) is 25.4 Å². The van der Waals surface area contributed by atoms with Gasteiger partial charge in [-0.05, 0) is 12.3 Å². The molecule has 0 saturated carbocycles. The zero-order valence-electron chi connectivity index (χ0n) is 11.4. The molecule has 2 N–H and O–H groups in total.